The number of rotatable bonds is 7. The smallest absolute Gasteiger partial charge is 0.220 e. The van der Waals surface area contributed by atoms with E-state index in [0.29, 0.717) is 18.9 Å². The minimum Gasteiger partial charge on any atom is -0.497 e. The van der Waals surface area contributed by atoms with Crippen molar-refractivity contribution in [3.63, 3.8) is 0 Å². The summed E-state index contributed by atoms with van der Waals surface area (Å²) in [7, 11) is 1.67. The SMILES string of the molecule is COc1cccc(-c2ccc(CNC(=O)CCC3CCNC3)cc2)c1.Cl. The summed E-state index contributed by atoms with van der Waals surface area (Å²) in [5, 5.41) is 6.36. The summed E-state index contributed by atoms with van der Waals surface area (Å²) < 4.78 is 5.27. The second-order valence-corrected chi connectivity index (χ2v) is 6.60. The van der Waals surface area contributed by atoms with E-state index in [-0.39, 0.29) is 18.3 Å². The number of carbonyl (C=O) groups excluding carboxylic acids is 1. The standard InChI is InChI=1S/C21H26N2O2.ClH/c1-25-20-4-2-3-19(13-20)18-8-5-16(6-9-18)15-23-21(24)10-7-17-11-12-22-14-17;/h2-6,8-9,13,17,22H,7,10-12,14-15H2,1H3,(H,23,24);1H. The topological polar surface area (TPSA) is 50.4 Å². The maximum Gasteiger partial charge on any atom is 0.220 e. The molecule has 0 radical (unpaired) electrons. The van der Waals surface area contributed by atoms with Crippen molar-refractivity contribution in [1.29, 1.82) is 0 Å². The first-order valence-electron chi connectivity index (χ1n) is 8.95. The zero-order valence-corrected chi connectivity index (χ0v) is 16.0. The van der Waals surface area contributed by atoms with Gasteiger partial charge in [0.15, 0.2) is 0 Å². The average Bonchev–Trinajstić information content (AvgIpc) is 3.19. The van der Waals surface area contributed by atoms with Crippen molar-refractivity contribution in [3.8, 4) is 16.9 Å². The van der Waals surface area contributed by atoms with E-state index in [2.05, 4.69) is 41.0 Å². The van der Waals surface area contributed by atoms with E-state index in [4.69, 9.17) is 4.74 Å². The number of halogens is 1. The summed E-state index contributed by atoms with van der Waals surface area (Å²) in [6.45, 7) is 2.73. The van der Waals surface area contributed by atoms with Crippen molar-refractivity contribution in [2.24, 2.45) is 5.92 Å². The molecule has 1 saturated heterocycles. The van der Waals surface area contributed by atoms with Gasteiger partial charge in [-0.3, -0.25) is 4.79 Å². The Hall–Kier alpha value is -2.04. The molecule has 140 valence electrons. The molecule has 1 atom stereocenters. The van der Waals surface area contributed by atoms with Crippen LogP contribution >= 0.6 is 12.4 Å². The zero-order valence-electron chi connectivity index (χ0n) is 15.2. The molecule has 1 amide bonds. The van der Waals surface area contributed by atoms with E-state index in [1.165, 1.54) is 6.42 Å². The highest BCUT2D eigenvalue weighted by molar-refractivity contribution is 5.85. The number of carbonyl (C=O) groups is 1. The monoisotopic (exact) mass is 374 g/mol. The second-order valence-electron chi connectivity index (χ2n) is 6.60. The minimum atomic E-state index is 0. The van der Waals surface area contributed by atoms with Gasteiger partial charge in [-0.15, -0.1) is 12.4 Å². The van der Waals surface area contributed by atoms with Gasteiger partial charge in [0.25, 0.3) is 0 Å². The second kappa shape index (κ2) is 10.2. The maximum atomic E-state index is 12.0. The molecule has 2 aromatic carbocycles. The Bertz CT molecular complexity index is 697. The van der Waals surface area contributed by atoms with Crippen molar-refractivity contribution < 1.29 is 9.53 Å². The van der Waals surface area contributed by atoms with Gasteiger partial charge in [0, 0.05) is 13.0 Å². The minimum absolute atomic E-state index is 0. The van der Waals surface area contributed by atoms with Crippen LogP contribution < -0.4 is 15.4 Å². The van der Waals surface area contributed by atoms with Crippen LogP contribution in [0.3, 0.4) is 0 Å². The first-order chi connectivity index (χ1) is 12.2. The average molecular weight is 375 g/mol. The predicted octanol–water partition coefficient (Wildman–Crippen LogP) is 3.79. The van der Waals surface area contributed by atoms with E-state index in [1.807, 2.05) is 18.2 Å². The number of ether oxygens (including phenoxy) is 1. The van der Waals surface area contributed by atoms with Crippen LogP contribution in [0, 0.1) is 5.92 Å². The lowest BCUT2D eigenvalue weighted by Crippen LogP contribution is -2.23. The van der Waals surface area contributed by atoms with Gasteiger partial charge in [-0.05, 0) is 60.7 Å². The van der Waals surface area contributed by atoms with Crippen LogP contribution in [0.2, 0.25) is 0 Å². The molecule has 1 aliphatic heterocycles. The van der Waals surface area contributed by atoms with Crippen molar-refractivity contribution >= 4 is 18.3 Å². The van der Waals surface area contributed by atoms with Gasteiger partial charge in [0.2, 0.25) is 5.91 Å². The van der Waals surface area contributed by atoms with Crippen LogP contribution in [0.25, 0.3) is 11.1 Å². The molecule has 1 heterocycles. The first-order valence-corrected chi connectivity index (χ1v) is 8.95. The molecular formula is C21H27ClN2O2. The number of hydrogen-bond donors (Lipinski definition) is 2. The molecule has 1 unspecified atom stereocenters. The fourth-order valence-corrected chi connectivity index (χ4v) is 3.20. The normalized spacial score (nSPS) is 16.0. The third-order valence-corrected chi connectivity index (χ3v) is 4.79. The van der Waals surface area contributed by atoms with Crippen LogP contribution in [0.15, 0.2) is 48.5 Å². The molecule has 26 heavy (non-hydrogen) atoms. The molecule has 0 spiro atoms. The molecule has 0 saturated carbocycles. The predicted molar refractivity (Wildman–Crippen MR) is 108 cm³/mol. The van der Waals surface area contributed by atoms with E-state index in [0.717, 1.165) is 42.0 Å². The Morgan fingerprint density at radius 2 is 2.00 bits per heavy atom. The Morgan fingerprint density at radius 3 is 2.69 bits per heavy atom. The molecule has 2 aromatic rings. The number of hydrogen-bond acceptors (Lipinski definition) is 3. The molecule has 1 fully saturated rings. The summed E-state index contributed by atoms with van der Waals surface area (Å²) in [5.74, 6) is 1.66. The Balaban J connectivity index is 0.00000243. The maximum absolute atomic E-state index is 12.0. The fourth-order valence-electron chi connectivity index (χ4n) is 3.20. The Labute approximate surface area is 161 Å². The van der Waals surface area contributed by atoms with E-state index in [1.54, 1.807) is 7.11 Å². The summed E-state index contributed by atoms with van der Waals surface area (Å²) in [5.41, 5.74) is 3.38. The Morgan fingerprint density at radius 1 is 1.19 bits per heavy atom. The highest BCUT2D eigenvalue weighted by Gasteiger charge is 2.15. The van der Waals surface area contributed by atoms with Crippen molar-refractivity contribution in [1.82, 2.24) is 10.6 Å². The molecule has 0 aliphatic carbocycles. The third-order valence-electron chi connectivity index (χ3n) is 4.79. The van der Waals surface area contributed by atoms with Gasteiger partial charge in [-0.1, -0.05) is 36.4 Å². The van der Waals surface area contributed by atoms with Crippen molar-refractivity contribution in [2.75, 3.05) is 20.2 Å². The first kappa shape index (κ1) is 20.3. The van der Waals surface area contributed by atoms with Crippen LogP contribution in [0.4, 0.5) is 0 Å². The summed E-state index contributed by atoms with van der Waals surface area (Å²) in [6, 6.07) is 16.3. The Kier molecular flexibility index (Phi) is 7.95. The molecule has 0 bridgehead atoms. The molecule has 3 rings (SSSR count). The zero-order chi connectivity index (χ0) is 17.5. The quantitative estimate of drug-likeness (QED) is 0.775. The molecule has 2 N–H and O–H groups in total. The van der Waals surface area contributed by atoms with Gasteiger partial charge in [0.1, 0.15) is 5.75 Å². The van der Waals surface area contributed by atoms with E-state index in [9.17, 15) is 4.79 Å². The largest absolute Gasteiger partial charge is 0.497 e. The highest BCUT2D eigenvalue weighted by atomic mass is 35.5. The number of nitrogens with one attached hydrogen (secondary N) is 2. The number of methoxy groups -OCH3 is 1. The lowest BCUT2D eigenvalue weighted by atomic mass is 10.0. The number of amides is 1. The van der Waals surface area contributed by atoms with E-state index < -0.39 is 0 Å². The van der Waals surface area contributed by atoms with Crippen LogP contribution in [0.5, 0.6) is 5.75 Å². The lowest BCUT2D eigenvalue weighted by Gasteiger charge is -2.09. The molecule has 4 nitrogen and oxygen atoms in total. The van der Waals surface area contributed by atoms with Gasteiger partial charge in [0.05, 0.1) is 7.11 Å². The summed E-state index contributed by atoms with van der Waals surface area (Å²) in [4.78, 5) is 12.0. The highest BCUT2D eigenvalue weighted by Crippen LogP contribution is 2.24. The third kappa shape index (κ3) is 5.75. The van der Waals surface area contributed by atoms with Crippen molar-refractivity contribution in [2.45, 2.75) is 25.8 Å². The van der Waals surface area contributed by atoms with E-state index >= 15 is 0 Å². The van der Waals surface area contributed by atoms with Crippen LogP contribution in [-0.2, 0) is 11.3 Å². The molecule has 1 aliphatic rings. The number of benzene rings is 2. The van der Waals surface area contributed by atoms with Crippen LogP contribution in [0.1, 0.15) is 24.8 Å². The van der Waals surface area contributed by atoms with Crippen molar-refractivity contribution in [3.05, 3.63) is 54.1 Å². The van der Waals surface area contributed by atoms with Gasteiger partial charge in [-0.25, -0.2) is 0 Å². The van der Waals surface area contributed by atoms with Gasteiger partial charge in [-0.2, -0.15) is 0 Å². The van der Waals surface area contributed by atoms with Gasteiger partial charge < -0.3 is 15.4 Å². The summed E-state index contributed by atoms with van der Waals surface area (Å²) in [6.07, 6.45) is 2.79. The summed E-state index contributed by atoms with van der Waals surface area (Å²) >= 11 is 0. The lowest BCUT2D eigenvalue weighted by molar-refractivity contribution is -0.121. The molecule has 5 heteroatoms. The van der Waals surface area contributed by atoms with Crippen LogP contribution in [-0.4, -0.2) is 26.1 Å². The fraction of sp³-hybridized carbons (Fsp3) is 0.381. The van der Waals surface area contributed by atoms with Gasteiger partial charge >= 0.3 is 0 Å². The molecular weight excluding hydrogens is 348 g/mol. The molecule has 0 aromatic heterocycles.